The molecule has 6 rings (SSSR count). The Morgan fingerprint density at radius 1 is 0.444 bits per heavy atom. The van der Waals surface area contributed by atoms with Crippen LogP contribution in [-0.4, -0.2) is 20.6 Å². The first-order valence-electron chi connectivity index (χ1n) is 12.7. The molecule has 0 N–H and O–H groups in total. The topological polar surface area (TPSA) is 9.86 Å². The summed E-state index contributed by atoms with van der Waals surface area (Å²) < 4.78 is 5.05. The highest BCUT2D eigenvalue weighted by Crippen LogP contribution is 2.33. The van der Waals surface area contributed by atoms with Crippen molar-refractivity contribution in [1.82, 2.24) is 9.13 Å². The van der Waals surface area contributed by atoms with Crippen molar-refractivity contribution in [3.63, 3.8) is 0 Å². The maximum atomic E-state index is 2.52. The Morgan fingerprint density at radius 3 is 1.00 bits per heavy atom. The molecule has 0 atom stereocenters. The molecule has 0 aliphatic rings. The van der Waals surface area contributed by atoms with Crippen molar-refractivity contribution in [2.24, 2.45) is 0 Å². The summed E-state index contributed by atoms with van der Waals surface area (Å²) in [5.74, 6) is 2.19. The molecule has 0 aliphatic carbocycles. The van der Waals surface area contributed by atoms with E-state index in [9.17, 15) is 0 Å². The van der Waals surface area contributed by atoms with Gasteiger partial charge in [0.1, 0.15) is 0 Å². The fraction of sp³-hybridized carbons (Fsp3) is 0.250. The molecule has 36 heavy (non-hydrogen) atoms. The smallest absolute Gasteiger partial charge is 0.0494 e. The second-order valence-corrected chi connectivity index (χ2v) is 12.7. The molecular formula is C32H32N2S2. The molecule has 0 fully saturated rings. The van der Waals surface area contributed by atoms with Crippen molar-refractivity contribution in [3.05, 3.63) is 95.1 Å². The van der Waals surface area contributed by atoms with E-state index < -0.39 is 0 Å². The highest BCUT2D eigenvalue weighted by Gasteiger charge is 2.12. The van der Waals surface area contributed by atoms with Crippen LogP contribution in [0.15, 0.2) is 72.8 Å². The first kappa shape index (κ1) is 23.6. The highest BCUT2D eigenvalue weighted by atomic mass is 33.1. The average Bonchev–Trinajstić information content (AvgIpc) is 3.31. The summed E-state index contributed by atoms with van der Waals surface area (Å²) in [6.07, 6.45) is 0. The fourth-order valence-corrected chi connectivity index (χ4v) is 7.39. The van der Waals surface area contributed by atoms with Gasteiger partial charge >= 0.3 is 0 Å². The zero-order chi connectivity index (χ0) is 24.8. The predicted octanol–water partition coefficient (Wildman–Crippen LogP) is 9.22. The summed E-state index contributed by atoms with van der Waals surface area (Å²) in [6.45, 7) is 10.8. The van der Waals surface area contributed by atoms with E-state index in [1.807, 2.05) is 21.6 Å². The van der Waals surface area contributed by atoms with Crippen molar-refractivity contribution in [1.29, 1.82) is 0 Å². The van der Waals surface area contributed by atoms with Crippen LogP contribution in [0.25, 0.3) is 43.6 Å². The van der Waals surface area contributed by atoms with Crippen LogP contribution in [0.5, 0.6) is 0 Å². The van der Waals surface area contributed by atoms with Crippen LogP contribution in [0.4, 0.5) is 0 Å². The second kappa shape index (κ2) is 9.57. The number of nitrogens with zero attached hydrogens (tertiary/aromatic N) is 2. The molecule has 4 heteroatoms. The zero-order valence-electron chi connectivity index (χ0n) is 21.5. The Hall–Kier alpha value is -2.82. The quantitative estimate of drug-likeness (QED) is 0.157. The van der Waals surface area contributed by atoms with Crippen LogP contribution in [-0.2, 0) is 13.1 Å². The summed E-state index contributed by atoms with van der Waals surface area (Å²) in [4.78, 5) is 0. The normalized spacial score (nSPS) is 12.0. The number of fused-ring (bicyclic) bond motifs is 6. The SMILES string of the molecule is Cc1ccc2c3ccc(C)cc3n(CCSSCCn3c4cc(C)ccc4c4ccc(C)cc43)c2c1. The summed E-state index contributed by atoms with van der Waals surface area (Å²) in [7, 11) is 4.00. The third-order valence-corrected chi connectivity index (χ3v) is 9.60. The molecule has 6 aromatic rings. The van der Waals surface area contributed by atoms with Crippen molar-refractivity contribution in [2.45, 2.75) is 40.8 Å². The molecule has 0 unspecified atom stereocenters. The van der Waals surface area contributed by atoms with Crippen molar-refractivity contribution in [2.75, 3.05) is 11.5 Å². The lowest BCUT2D eigenvalue weighted by atomic mass is 10.1. The van der Waals surface area contributed by atoms with Gasteiger partial charge in [0.25, 0.3) is 0 Å². The highest BCUT2D eigenvalue weighted by molar-refractivity contribution is 8.76. The third-order valence-electron chi connectivity index (χ3n) is 7.24. The van der Waals surface area contributed by atoms with Gasteiger partial charge in [-0.3, -0.25) is 0 Å². The maximum absolute atomic E-state index is 2.52. The molecule has 4 aromatic carbocycles. The first-order valence-corrected chi connectivity index (χ1v) is 15.2. The third kappa shape index (κ3) is 4.21. The number of aryl methyl sites for hydroxylation is 6. The standard InChI is InChI=1S/C32H32N2S2/c1-21-5-9-25-26-10-6-22(2)18-30(26)33(29(25)17-21)13-15-35-36-16-14-34-31-19-23(3)7-11-27(31)28-12-8-24(4)20-32(28)34/h5-12,17-20H,13-16H2,1-4H3. The molecule has 0 saturated carbocycles. The Balaban J connectivity index is 1.18. The van der Waals surface area contributed by atoms with E-state index >= 15 is 0 Å². The molecule has 0 bridgehead atoms. The number of hydrogen-bond donors (Lipinski definition) is 0. The van der Waals surface area contributed by atoms with Crippen LogP contribution in [0.3, 0.4) is 0 Å². The van der Waals surface area contributed by atoms with Crippen LogP contribution < -0.4 is 0 Å². The van der Waals surface area contributed by atoms with Crippen molar-refractivity contribution < 1.29 is 0 Å². The Morgan fingerprint density at radius 2 is 0.722 bits per heavy atom. The minimum Gasteiger partial charge on any atom is -0.340 e. The largest absolute Gasteiger partial charge is 0.340 e. The summed E-state index contributed by atoms with van der Waals surface area (Å²) in [6, 6.07) is 27.4. The Labute approximate surface area is 221 Å². The molecule has 2 heterocycles. The van der Waals surface area contributed by atoms with Crippen LogP contribution in [0.2, 0.25) is 0 Å². The van der Waals surface area contributed by atoms with Gasteiger partial charge in [0.2, 0.25) is 0 Å². The van der Waals surface area contributed by atoms with Crippen LogP contribution >= 0.6 is 21.6 Å². The van der Waals surface area contributed by atoms with E-state index in [2.05, 4.69) is 110 Å². The monoisotopic (exact) mass is 508 g/mol. The molecule has 0 spiro atoms. The maximum Gasteiger partial charge on any atom is 0.0494 e. The van der Waals surface area contributed by atoms with Crippen LogP contribution in [0.1, 0.15) is 22.3 Å². The fourth-order valence-electron chi connectivity index (χ4n) is 5.49. The summed E-state index contributed by atoms with van der Waals surface area (Å²) in [5.41, 5.74) is 10.7. The van der Waals surface area contributed by atoms with Crippen molar-refractivity contribution in [3.8, 4) is 0 Å². The number of rotatable bonds is 7. The molecule has 0 radical (unpaired) electrons. The summed E-state index contributed by atoms with van der Waals surface area (Å²) >= 11 is 0. The summed E-state index contributed by atoms with van der Waals surface area (Å²) in [5, 5.41) is 5.46. The van der Waals surface area contributed by atoms with Gasteiger partial charge in [0.05, 0.1) is 0 Å². The van der Waals surface area contributed by atoms with E-state index in [0.717, 1.165) is 24.6 Å². The minimum atomic E-state index is 1.03. The Bertz CT molecular complexity index is 1490. The molecule has 0 amide bonds. The van der Waals surface area contributed by atoms with Gasteiger partial charge in [-0.2, -0.15) is 0 Å². The van der Waals surface area contributed by atoms with Gasteiger partial charge in [-0.15, -0.1) is 0 Å². The lowest BCUT2D eigenvalue weighted by Gasteiger charge is -2.10. The van der Waals surface area contributed by atoms with Gasteiger partial charge in [-0.25, -0.2) is 0 Å². The lowest BCUT2D eigenvalue weighted by Crippen LogP contribution is -2.01. The molecule has 2 aromatic heterocycles. The number of benzene rings is 4. The van der Waals surface area contributed by atoms with E-state index in [1.54, 1.807) is 0 Å². The van der Waals surface area contributed by atoms with Gasteiger partial charge in [0.15, 0.2) is 0 Å². The van der Waals surface area contributed by atoms with E-state index in [4.69, 9.17) is 0 Å². The van der Waals surface area contributed by atoms with Gasteiger partial charge < -0.3 is 9.13 Å². The first-order chi connectivity index (χ1) is 17.5. The van der Waals surface area contributed by atoms with E-state index in [-0.39, 0.29) is 0 Å². The molecular weight excluding hydrogens is 477 g/mol. The Kier molecular flexibility index (Phi) is 6.27. The molecule has 0 saturated heterocycles. The second-order valence-electron chi connectivity index (χ2n) is 10.0. The predicted molar refractivity (Wildman–Crippen MR) is 163 cm³/mol. The number of aromatic nitrogens is 2. The van der Waals surface area contributed by atoms with E-state index in [1.165, 1.54) is 65.9 Å². The molecule has 0 aliphatic heterocycles. The molecule has 2 nitrogen and oxygen atoms in total. The average molecular weight is 509 g/mol. The zero-order valence-corrected chi connectivity index (χ0v) is 23.1. The van der Waals surface area contributed by atoms with Gasteiger partial charge in [-0.1, -0.05) is 70.1 Å². The minimum absolute atomic E-state index is 1.03. The van der Waals surface area contributed by atoms with Crippen LogP contribution in [0, 0.1) is 27.7 Å². The lowest BCUT2D eigenvalue weighted by molar-refractivity contribution is 0.836. The molecule has 182 valence electrons. The number of hydrogen-bond acceptors (Lipinski definition) is 2. The van der Waals surface area contributed by atoms with E-state index in [0.29, 0.717) is 0 Å². The van der Waals surface area contributed by atoms with Crippen molar-refractivity contribution >= 4 is 65.2 Å². The van der Waals surface area contributed by atoms with Gasteiger partial charge in [-0.05, 0) is 74.2 Å². The van der Waals surface area contributed by atoms with Gasteiger partial charge in [0, 0.05) is 68.2 Å².